The highest BCUT2D eigenvalue weighted by molar-refractivity contribution is 5.06. The van der Waals surface area contributed by atoms with Gasteiger partial charge in [-0.1, -0.05) is 25.0 Å². The summed E-state index contributed by atoms with van der Waals surface area (Å²) in [4.78, 5) is 0. The molecule has 1 heterocycles. The maximum atomic E-state index is 6.01. The van der Waals surface area contributed by atoms with Crippen LogP contribution in [0.4, 0.5) is 0 Å². The summed E-state index contributed by atoms with van der Waals surface area (Å²) in [6, 6.07) is 0.521. The van der Waals surface area contributed by atoms with Gasteiger partial charge in [-0.25, -0.2) is 4.68 Å². The highest BCUT2D eigenvalue weighted by Crippen LogP contribution is 2.31. The van der Waals surface area contributed by atoms with E-state index in [1.807, 2.05) is 24.7 Å². The topological polar surface area (TPSA) is 56.7 Å². The van der Waals surface area contributed by atoms with Crippen LogP contribution in [-0.2, 0) is 5.54 Å². The summed E-state index contributed by atoms with van der Waals surface area (Å²) < 4.78 is 2.01. The monoisotopic (exact) mass is 222 g/mol. The van der Waals surface area contributed by atoms with Crippen molar-refractivity contribution in [1.82, 2.24) is 15.0 Å². The zero-order chi connectivity index (χ0) is 11.8. The van der Waals surface area contributed by atoms with Crippen LogP contribution in [0.15, 0.2) is 6.20 Å². The number of hydrogen-bond acceptors (Lipinski definition) is 3. The number of aromatic nitrogens is 3. The second kappa shape index (κ2) is 4.17. The van der Waals surface area contributed by atoms with Gasteiger partial charge < -0.3 is 5.73 Å². The maximum Gasteiger partial charge on any atom is 0.102 e. The molecule has 2 unspecified atom stereocenters. The smallest absolute Gasteiger partial charge is 0.102 e. The van der Waals surface area contributed by atoms with Crippen LogP contribution in [-0.4, -0.2) is 15.0 Å². The van der Waals surface area contributed by atoms with E-state index in [-0.39, 0.29) is 0 Å². The molecule has 2 N–H and O–H groups in total. The van der Waals surface area contributed by atoms with Crippen LogP contribution in [0, 0.1) is 5.92 Å². The minimum atomic E-state index is -0.390. The predicted molar refractivity (Wildman–Crippen MR) is 63.9 cm³/mol. The molecule has 16 heavy (non-hydrogen) atoms. The van der Waals surface area contributed by atoms with E-state index in [4.69, 9.17) is 5.73 Å². The van der Waals surface area contributed by atoms with E-state index in [2.05, 4.69) is 17.2 Å². The molecule has 1 aromatic heterocycles. The lowest BCUT2D eigenvalue weighted by Crippen LogP contribution is -2.29. The van der Waals surface area contributed by atoms with E-state index in [1.54, 1.807) is 0 Å². The van der Waals surface area contributed by atoms with Crippen molar-refractivity contribution in [3.8, 4) is 0 Å². The Hall–Kier alpha value is -0.900. The van der Waals surface area contributed by atoms with Gasteiger partial charge in [-0.3, -0.25) is 0 Å². The van der Waals surface area contributed by atoms with Crippen molar-refractivity contribution < 1.29 is 0 Å². The second-order valence-electron chi connectivity index (χ2n) is 5.73. The Balaban J connectivity index is 2.12. The molecule has 0 radical (unpaired) electrons. The third-order valence-corrected chi connectivity index (χ3v) is 3.45. The normalized spacial score (nSPS) is 27.0. The van der Waals surface area contributed by atoms with Crippen molar-refractivity contribution in [1.29, 1.82) is 0 Å². The fourth-order valence-corrected chi connectivity index (χ4v) is 2.39. The van der Waals surface area contributed by atoms with E-state index in [9.17, 15) is 0 Å². The Bertz CT molecular complexity index is 350. The fraction of sp³-hybridized carbons (Fsp3) is 0.833. The molecular weight excluding hydrogens is 200 g/mol. The Morgan fingerprint density at radius 1 is 1.44 bits per heavy atom. The predicted octanol–water partition coefficient (Wildman–Crippen LogP) is 2.22. The Morgan fingerprint density at radius 2 is 2.19 bits per heavy atom. The van der Waals surface area contributed by atoms with Crippen LogP contribution < -0.4 is 5.73 Å². The molecule has 4 heteroatoms. The van der Waals surface area contributed by atoms with Crippen molar-refractivity contribution in [3.05, 3.63) is 11.9 Å². The van der Waals surface area contributed by atoms with E-state index < -0.39 is 5.54 Å². The molecule has 4 nitrogen and oxygen atoms in total. The second-order valence-corrected chi connectivity index (χ2v) is 5.73. The van der Waals surface area contributed by atoms with Crippen LogP contribution in [0.3, 0.4) is 0 Å². The molecule has 1 aromatic rings. The van der Waals surface area contributed by atoms with Gasteiger partial charge in [-0.15, -0.1) is 5.10 Å². The van der Waals surface area contributed by atoms with Gasteiger partial charge in [0, 0.05) is 0 Å². The average molecular weight is 222 g/mol. The van der Waals surface area contributed by atoms with E-state index in [0.29, 0.717) is 6.04 Å². The van der Waals surface area contributed by atoms with Crippen LogP contribution in [0.5, 0.6) is 0 Å². The van der Waals surface area contributed by atoms with Gasteiger partial charge in [0.15, 0.2) is 0 Å². The van der Waals surface area contributed by atoms with Crippen LogP contribution in [0.1, 0.15) is 58.2 Å². The van der Waals surface area contributed by atoms with E-state index >= 15 is 0 Å². The summed E-state index contributed by atoms with van der Waals surface area (Å²) in [5, 5.41) is 8.40. The number of hydrogen-bond donors (Lipinski definition) is 1. The Morgan fingerprint density at radius 3 is 2.75 bits per heavy atom. The van der Waals surface area contributed by atoms with Crippen LogP contribution >= 0.6 is 0 Å². The summed E-state index contributed by atoms with van der Waals surface area (Å²) >= 11 is 0. The lowest BCUT2D eigenvalue weighted by atomic mass is 9.87. The number of rotatable bonds is 2. The fourth-order valence-electron chi connectivity index (χ4n) is 2.39. The van der Waals surface area contributed by atoms with Crippen molar-refractivity contribution in [2.45, 2.75) is 58.0 Å². The molecule has 0 amide bonds. The van der Waals surface area contributed by atoms with Crippen LogP contribution in [0.25, 0.3) is 0 Å². The van der Waals surface area contributed by atoms with Crippen molar-refractivity contribution in [3.63, 3.8) is 0 Å². The quantitative estimate of drug-likeness (QED) is 0.834. The van der Waals surface area contributed by atoms with Crippen molar-refractivity contribution in [2.24, 2.45) is 11.7 Å². The number of nitrogens with zero attached hydrogens (tertiary/aromatic N) is 3. The molecule has 0 aromatic carbocycles. The van der Waals surface area contributed by atoms with Gasteiger partial charge in [0.1, 0.15) is 5.69 Å². The first-order valence-electron chi connectivity index (χ1n) is 6.18. The summed E-state index contributed by atoms with van der Waals surface area (Å²) in [6.07, 6.45) is 7.10. The number of nitrogens with two attached hydrogens (primary N) is 1. The zero-order valence-electron chi connectivity index (χ0n) is 10.5. The first-order chi connectivity index (χ1) is 7.47. The first kappa shape index (κ1) is 11.6. The van der Waals surface area contributed by atoms with Crippen molar-refractivity contribution >= 4 is 0 Å². The van der Waals surface area contributed by atoms with Gasteiger partial charge >= 0.3 is 0 Å². The minimum Gasteiger partial charge on any atom is -0.320 e. The summed E-state index contributed by atoms with van der Waals surface area (Å²) in [6.45, 7) is 6.24. The third kappa shape index (κ3) is 2.43. The molecule has 1 aliphatic carbocycles. The standard InChI is InChI=1S/C12H22N4/c1-9-5-4-6-10(7-9)16-8-11(14-15-16)12(2,3)13/h8-10H,4-7,13H2,1-3H3. The molecule has 0 spiro atoms. The van der Waals surface area contributed by atoms with Crippen LogP contribution in [0.2, 0.25) is 0 Å². The van der Waals surface area contributed by atoms with Gasteiger partial charge in [0.2, 0.25) is 0 Å². The van der Waals surface area contributed by atoms with Gasteiger partial charge in [0.25, 0.3) is 0 Å². The highest BCUT2D eigenvalue weighted by atomic mass is 15.4. The SMILES string of the molecule is CC1CCCC(n2cc(C(C)(C)N)nn2)C1. The summed E-state index contributed by atoms with van der Waals surface area (Å²) in [5.41, 5.74) is 6.50. The lowest BCUT2D eigenvalue weighted by molar-refractivity contribution is 0.263. The molecule has 2 atom stereocenters. The van der Waals surface area contributed by atoms with Gasteiger partial charge in [0.05, 0.1) is 17.8 Å². The Labute approximate surface area is 97.2 Å². The lowest BCUT2D eigenvalue weighted by Gasteiger charge is -2.26. The average Bonchev–Trinajstić information content (AvgIpc) is 2.65. The highest BCUT2D eigenvalue weighted by Gasteiger charge is 2.24. The van der Waals surface area contributed by atoms with Gasteiger partial charge in [-0.05, 0) is 32.6 Å². The molecular formula is C12H22N4. The molecule has 0 bridgehead atoms. The molecule has 1 aliphatic rings. The van der Waals surface area contributed by atoms with Gasteiger partial charge in [-0.2, -0.15) is 0 Å². The molecule has 2 rings (SSSR count). The Kier molecular flexibility index (Phi) is 3.02. The van der Waals surface area contributed by atoms with Crippen molar-refractivity contribution in [2.75, 3.05) is 0 Å². The largest absolute Gasteiger partial charge is 0.320 e. The minimum absolute atomic E-state index is 0.390. The molecule has 0 aliphatic heterocycles. The van der Waals surface area contributed by atoms with E-state index in [0.717, 1.165) is 11.6 Å². The zero-order valence-corrected chi connectivity index (χ0v) is 10.5. The molecule has 1 fully saturated rings. The third-order valence-electron chi connectivity index (χ3n) is 3.45. The molecule has 1 saturated carbocycles. The molecule has 0 saturated heterocycles. The van der Waals surface area contributed by atoms with E-state index in [1.165, 1.54) is 25.7 Å². The molecule has 90 valence electrons. The maximum absolute atomic E-state index is 6.01. The summed E-state index contributed by atoms with van der Waals surface area (Å²) in [7, 11) is 0. The first-order valence-corrected chi connectivity index (χ1v) is 6.18. The summed E-state index contributed by atoms with van der Waals surface area (Å²) in [5.74, 6) is 0.803.